The van der Waals surface area contributed by atoms with Crippen molar-refractivity contribution in [3.63, 3.8) is 0 Å². The van der Waals surface area contributed by atoms with E-state index >= 15 is 0 Å². The Kier molecular flexibility index (Phi) is 7.48. The molecule has 0 N–H and O–H groups in total. The van der Waals surface area contributed by atoms with Crippen LogP contribution in [0.3, 0.4) is 0 Å². The first-order chi connectivity index (χ1) is 31.7. The number of benzene rings is 9. The summed E-state index contributed by atoms with van der Waals surface area (Å²) >= 11 is 0. The molecule has 0 aliphatic heterocycles. The molecule has 4 heterocycles. The second-order valence-electron chi connectivity index (χ2n) is 17.2. The van der Waals surface area contributed by atoms with Crippen LogP contribution >= 0.6 is 0 Å². The van der Waals surface area contributed by atoms with Crippen LogP contribution in [0.15, 0.2) is 223 Å². The predicted molar refractivity (Wildman–Crippen MR) is 269 cm³/mol. The van der Waals surface area contributed by atoms with E-state index in [4.69, 9.17) is 4.42 Å². The number of anilines is 3. The van der Waals surface area contributed by atoms with Crippen molar-refractivity contribution in [3.8, 4) is 22.3 Å². The zero-order chi connectivity index (χ0) is 41.9. The molecule has 14 rings (SSSR count). The molecule has 13 aromatic rings. The number of hydrogen-bond acceptors (Lipinski definition) is 2. The normalized spacial score (nSPS) is 14.2. The van der Waals surface area contributed by atoms with Gasteiger partial charge in [0.15, 0.2) is 0 Å². The molecule has 0 radical (unpaired) electrons. The van der Waals surface area contributed by atoms with Gasteiger partial charge in [-0.1, -0.05) is 146 Å². The van der Waals surface area contributed by atoms with Crippen molar-refractivity contribution in [1.29, 1.82) is 0 Å². The standard InChI is InChI=1S/C60H39N3O/c1-3-13-38(14-4-1)39-25-28-42(29-26-39)61(43-30-33-48-46-17-7-9-22-53(46)62(56(48)36-43)41-15-5-2-6-16-41)44-31-34-50-49-32-27-40(35-57(49)64-58(50)37-44)45-19-12-24-55-59(45)52-21-11-20-51-47-18-8-10-23-54(47)63(55)60(51)52/h1-15,17-37,41H,16H2. The minimum Gasteiger partial charge on any atom is -0.456 e. The number of aromatic nitrogens is 2. The topological polar surface area (TPSA) is 25.7 Å². The van der Waals surface area contributed by atoms with Crippen molar-refractivity contribution >= 4 is 98.9 Å². The molecule has 0 bridgehead atoms. The molecule has 1 aliphatic carbocycles. The molecule has 0 saturated carbocycles. The number of hydrogen-bond donors (Lipinski definition) is 0. The van der Waals surface area contributed by atoms with Crippen molar-refractivity contribution < 1.29 is 4.42 Å². The molecule has 0 spiro atoms. The summed E-state index contributed by atoms with van der Waals surface area (Å²) in [6.45, 7) is 0. The minimum absolute atomic E-state index is 0.231. The van der Waals surface area contributed by atoms with Gasteiger partial charge in [-0.05, 0) is 95.4 Å². The molecule has 0 saturated heterocycles. The largest absolute Gasteiger partial charge is 0.456 e. The number of para-hydroxylation sites is 3. The lowest BCUT2D eigenvalue weighted by Crippen LogP contribution is -2.11. The van der Waals surface area contributed by atoms with E-state index in [1.807, 2.05) is 0 Å². The SMILES string of the molecule is C1=CCC(n2c3ccccc3c3ccc(N(c4ccc(-c5ccccc5)cc4)c4ccc5c(c4)oc4cc(-c6cccc7c6c6cccc8c9ccccc9n7c86)ccc45)cc32)C=C1. The van der Waals surface area contributed by atoms with Gasteiger partial charge in [0.2, 0.25) is 0 Å². The Hall–Kier alpha value is -8.34. The van der Waals surface area contributed by atoms with Crippen LogP contribution in [0.2, 0.25) is 0 Å². The predicted octanol–water partition coefficient (Wildman–Crippen LogP) is 16.7. The maximum Gasteiger partial charge on any atom is 0.137 e. The van der Waals surface area contributed by atoms with Crippen LogP contribution in [-0.4, -0.2) is 8.97 Å². The van der Waals surface area contributed by atoms with Crippen molar-refractivity contribution in [1.82, 2.24) is 8.97 Å². The zero-order valence-corrected chi connectivity index (χ0v) is 34.8. The minimum atomic E-state index is 0.231. The van der Waals surface area contributed by atoms with Gasteiger partial charge >= 0.3 is 0 Å². The van der Waals surface area contributed by atoms with Crippen LogP contribution in [0.5, 0.6) is 0 Å². The van der Waals surface area contributed by atoms with E-state index in [1.165, 1.54) is 76.6 Å². The van der Waals surface area contributed by atoms with Gasteiger partial charge in [-0.15, -0.1) is 0 Å². The van der Waals surface area contributed by atoms with Crippen LogP contribution < -0.4 is 4.90 Å². The average Bonchev–Trinajstić information content (AvgIpc) is 4.10. The maximum absolute atomic E-state index is 6.89. The molecular weight excluding hydrogens is 779 g/mol. The fourth-order valence-corrected chi connectivity index (χ4v) is 10.9. The van der Waals surface area contributed by atoms with Gasteiger partial charge in [0.1, 0.15) is 11.2 Å². The summed E-state index contributed by atoms with van der Waals surface area (Å²) in [6.07, 6.45) is 9.88. The fourth-order valence-electron chi connectivity index (χ4n) is 10.9. The Labute approximate surface area is 368 Å². The Morgan fingerprint density at radius 1 is 0.422 bits per heavy atom. The Bertz CT molecular complexity index is 4050. The first-order valence-corrected chi connectivity index (χ1v) is 22.2. The second-order valence-corrected chi connectivity index (χ2v) is 17.2. The van der Waals surface area contributed by atoms with E-state index in [0.29, 0.717) is 0 Å². The third-order valence-electron chi connectivity index (χ3n) is 13.7. The zero-order valence-electron chi connectivity index (χ0n) is 34.8. The first kappa shape index (κ1) is 35.3. The van der Waals surface area contributed by atoms with E-state index in [0.717, 1.165) is 51.0 Å². The van der Waals surface area contributed by atoms with E-state index in [-0.39, 0.29) is 6.04 Å². The Balaban J connectivity index is 0.927. The second kappa shape index (κ2) is 13.6. The summed E-state index contributed by atoms with van der Waals surface area (Å²) in [5.41, 5.74) is 15.9. The highest BCUT2D eigenvalue weighted by Crippen LogP contribution is 2.45. The van der Waals surface area contributed by atoms with Crippen LogP contribution in [0, 0.1) is 0 Å². The molecule has 4 aromatic heterocycles. The van der Waals surface area contributed by atoms with E-state index < -0.39 is 0 Å². The Morgan fingerprint density at radius 3 is 1.86 bits per heavy atom. The lowest BCUT2D eigenvalue weighted by Gasteiger charge is -2.26. The molecule has 1 atom stereocenters. The smallest absolute Gasteiger partial charge is 0.137 e. The number of nitrogens with zero attached hydrogens (tertiary/aromatic N) is 3. The quantitative estimate of drug-likeness (QED) is 0.167. The third kappa shape index (κ3) is 5.11. The monoisotopic (exact) mass is 817 g/mol. The van der Waals surface area contributed by atoms with Crippen molar-refractivity contribution in [2.24, 2.45) is 0 Å². The molecule has 4 heteroatoms. The molecule has 64 heavy (non-hydrogen) atoms. The highest BCUT2D eigenvalue weighted by Gasteiger charge is 2.23. The number of allylic oxidation sites excluding steroid dienone is 4. The molecule has 1 aliphatic rings. The molecule has 0 fully saturated rings. The van der Waals surface area contributed by atoms with Crippen LogP contribution in [-0.2, 0) is 0 Å². The third-order valence-corrected chi connectivity index (χ3v) is 13.7. The van der Waals surface area contributed by atoms with Gasteiger partial charge in [-0.2, -0.15) is 0 Å². The number of furan rings is 1. The average molecular weight is 818 g/mol. The lowest BCUT2D eigenvalue weighted by atomic mass is 9.97. The van der Waals surface area contributed by atoms with Crippen LogP contribution in [0.4, 0.5) is 17.1 Å². The molecule has 300 valence electrons. The summed E-state index contributed by atoms with van der Waals surface area (Å²) in [5, 5.41) is 9.87. The van der Waals surface area contributed by atoms with Gasteiger partial charge in [0, 0.05) is 71.7 Å². The summed E-state index contributed by atoms with van der Waals surface area (Å²) < 4.78 is 11.9. The van der Waals surface area contributed by atoms with Gasteiger partial charge in [-0.3, -0.25) is 0 Å². The Morgan fingerprint density at radius 2 is 1.03 bits per heavy atom. The van der Waals surface area contributed by atoms with Crippen molar-refractivity contribution in [3.05, 3.63) is 218 Å². The molecule has 1 unspecified atom stereocenters. The van der Waals surface area contributed by atoms with E-state index in [1.54, 1.807) is 0 Å². The molecule has 0 amide bonds. The van der Waals surface area contributed by atoms with Gasteiger partial charge in [0.25, 0.3) is 0 Å². The number of fused-ring (bicyclic) bond motifs is 12. The number of rotatable bonds is 6. The summed E-state index contributed by atoms with van der Waals surface area (Å²) in [5.74, 6) is 0. The maximum atomic E-state index is 6.89. The summed E-state index contributed by atoms with van der Waals surface area (Å²) in [4.78, 5) is 2.37. The summed E-state index contributed by atoms with van der Waals surface area (Å²) in [6, 6.07) is 71.1. The fraction of sp³-hybridized carbons (Fsp3) is 0.0333. The van der Waals surface area contributed by atoms with Gasteiger partial charge < -0.3 is 18.3 Å². The van der Waals surface area contributed by atoms with Crippen LogP contribution in [0.1, 0.15) is 12.5 Å². The summed E-state index contributed by atoms with van der Waals surface area (Å²) in [7, 11) is 0. The highest BCUT2D eigenvalue weighted by molar-refractivity contribution is 6.26. The lowest BCUT2D eigenvalue weighted by molar-refractivity contribution is 0.648. The molecule has 4 nitrogen and oxygen atoms in total. The molecular formula is C60H39N3O. The van der Waals surface area contributed by atoms with Gasteiger partial charge in [-0.25, -0.2) is 0 Å². The van der Waals surface area contributed by atoms with Crippen molar-refractivity contribution in [2.45, 2.75) is 12.5 Å². The first-order valence-electron chi connectivity index (χ1n) is 22.2. The van der Waals surface area contributed by atoms with Crippen molar-refractivity contribution in [2.75, 3.05) is 4.90 Å². The highest BCUT2D eigenvalue weighted by atomic mass is 16.3. The van der Waals surface area contributed by atoms with E-state index in [9.17, 15) is 0 Å². The van der Waals surface area contributed by atoms with Crippen LogP contribution in [0.25, 0.3) is 104 Å². The van der Waals surface area contributed by atoms with E-state index in [2.05, 4.69) is 232 Å². The molecule has 9 aromatic carbocycles. The van der Waals surface area contributed by atoms with Gasteiger partial charge in [0.05, 0.1) is 28.1 Å².